The van der Waals surface area contributed by atoms with E-state index >= 15 is 0 Å². The first kappa shape index (κ1) is 12.9. The van der Waals surface area contributed by atoms with Gasteiger partial charge in [0, 0.05) is 24.4 Å². The van der Waals surface area contributed by atoms with Crippen molar-refractivity contribution >= 4 is 34.0 Å². The number of hydrogen-bond donors (Lipinski definition) is 1. The van der Waals surface area contributed by atoms with Gasteiger partial charge in [0.05, 0.1) is 12.1 Å². The summed E-state index contributed by atoms with van der Waals surface area (Å²) in [7, 11) is 3.90. The largest absolute Gasteiger partial charge is 0.364 e. The average Bonchev–Trinajstić information content (AvgIpc) is 2.97. The zero-order chi connectivity index (χ0) is 13.9. The zero-order valence-corrected chi connectivity index (χ0v) is 12.3. The number of benzene rings is 1. The van der Waals surface area contributed by atoms with E-state index in [1.54, 1.807) is 11.3 Å². The van der Waals surface area contributed by atoms with Crippen LogP contribution in [0.1, 0.15) is 4.88 Å². The monoisotopic (exact) mass is 284 g/mol. The van der Waals surface area contributed by atoms with Crippen LogP contribution in [0.4, 0.5) is 11.8 Å². The summed E-state index contributed by atoms with van der Waals surface area (Å²) in [4.78, 5) is 12.4. The first-order valence-corrected chi connectivity index (χ1v) is 7.32. The van der Waals surface area contributed by atoms with Gasteiger partial charge in [-0.05, 0) is 23.6 Å². The Bertz CT molecular complexity index is 707. The number of fused-ring (bicyclic) bond motifs is 1. The van der Waals surface area contributed by atoms with Gasteiger partial charge in [0.15, 0.2) is 0 Å². The molecule has 0 radical (unpaired) electrons. The third-order valence-electron chi connectivity index (χ3n) is 3.00. The minimum atomic E-state index is 0.720. The van der Waals surface area contributed by atoms with E-state index in [9.17, 15) is 0 Å². The van der Waals surface area contributed by atoms with Gasteiger partial charge in [0.25, 0.3) is 0 Å². The summed E-state index contributed by atoms with van der Waals surface area (Å²) >= 11 is 1.74. The van der Waals surface area contributed by atoms with E-state index in [-0.39, 0.29) is 0 Å². The number of nitrogens with zero attached hydrogens (tertiary/aromatic N) is 3. The number of rotatable bonds is 4. The fourth-order valence-corrected chi connectivity index (χ4v) is 2.63. The molecule has 0 saturated heterocycles. The Balaban J connectivity index is 1.98. The summed E-state index contributed by atoms with van der Waals surface area (Å²) in [5, 5.41) is 6.55. The lowest BCUT2D eigenvalue weighted by molar-refractivity contribution is 1.01. The molecule has 1 N–H and O–H groups in total. The second-order valence-electron chi connectivity index (χ2n) is 4.72. The van der Waals surface area contributed by atoms with Gasteiger partial charge in [0.2, 0.25) is 5.95 Å². The van der Waals surface area contributed by atoms with Crippen LogP contribution in [0.3, 0.4) is 0 Å². The Labute approximate surface area is 122 Å². The predicted molar refractivity (Wildman–Crippen MR) is 85.5 cm³/mol. The molecule has 0 fully saturated rings. The minimum absolute atomic E-state index is 0.720. The molecule has 0 saturated carbocycles. The van der Waals surface area contributed by atoms with Gasteiger partial charge in [-0.1, -0.05) is 18.2 Å². The van der Waals surface area contributed by atoms with Crippen LogP contribution in [0.5, 0.6) is 0 Å². The molecule has 0 aliphatic carbocycles. The highest BCUT2D eigenvalue weighted by Gasteiger charge is 2.08. The van der Waals surface area contributed by atoms with E-state index in [1.807, 2.05) is 43.3 Å². The maximum atomic E-state index is 4.61. The van der Waals surface area contributed by atoms with E-state index in [0.29, 0.717) is 0 Å². The fraction of sp³-hybridized carbons (Fsp3) is 0.200. The molecule has 0 spiro atoms. The van der Waals surface area contributed by atoms with Crippen molar-refractivity contribution in [2.24, 2.45) is 0 Å². The molecule has 0 amide bonds. The topological polar surface area (TPSA) is 41.1 Å². The van der Waals surface area contributed by atoms with Crippen molar-refractivity contribution in [2.75, 3.05) is 24.3 Å². The number of nitrogens with one attached hydrogen (secondary N) is 1. The SMILES string of the molecule is CN(C)c1nc(NCc2cccs2)c2ccccc2n1. The summed E-state index contributed by atoms with van der Waals surface area (Å²) in [5.74, 6) is 1.60. The van der Waals surface area contributed by atoms with Gasteiger partial charge in [-0.25, -0.2) is 4.98 Å². The molecule has 5 heteroatoms. The quantitative estimate of drug-likeness (QED) is 0.797. The highest BCUT2D eigenvalue weighted by atomic mass is 32.1. The number of anilines is 2. The molecule has 2 heterocycles. The molecule has 3 aromatic rings. The fourth-order valence-electron chi connectivity index (χ4n) is 1.98. The molecule has 0 bridgehead atoms. The van der Waals surface area contributed by atoms with Crippen molar-refractivity contribution in [1.82, 2.24) is 9.97 Å². The van der Waals surface area contributed by atoms with Gasteiger partial charge in [-0.2, -0.15) is 4.98 Å². The third kappa shape index (κ3) is 2.58. The van der Waals surface area contributed by atoms with E-state index in [1.165, 1.54) is 4.88 Å². The van der Waals surface area contributed by atoms with Crippen LogP contribution in [0, 0.1) is 0 Å². The second-order valence-corrected chi connectivity index (χ2v) is 5.75. The Morgan fingerprint density at radius 1 is 1.10 bits per heavy atom. The van der Waals surface area contributed by atoms with Crippen LogP contribution < -0.4 is 10.2 Å². The third-order valence-corrected chi connectivity index (χ3v) is 3.88. The van der Waals surface area contributed by atoms with Crippen molar-refractivity contribution in [2.45, 2.75) is 6.54 Å². The van der Waals surface area contributed by atoms with Crippen molar-refractivity contribution in [3.63, 3.8) is 0 Å². The smallest absolute Gasteiger partial charge is 0.227 e. The lowest BCUT2D eigenvalue weighted by atomic mass is 10.2. The standard InChI is InChI=1S/C15H16N4S/c1-19(2)15-17-13-8-4-3-7-12(13)14(18-15)16-10-11-6-5-9-20-11/h3-9H,10H2,1-2H3,(H,16,17,18). The number of aromatic nitrogens is 2. The van der Waals surface area contributed by atoms with Crippen molar-refractivity contribution in [3.8, 4) is 0 Å². The molecule has 102 valence electrons. The molecular weight excluding hydrogens is 268 g/mol. The lowest BCUT2D eigenvalue weighted by Crippen LogP contribution is -2.14. The molecule has 2 aromatic heterocycles. The summed E-state index contributed by atoms with van der Waals surface area (Å²) in [6.45, 7) is 0.783. The van der Waals surface area contributed by atoms with Crippen molar-refractivity contribution in [1.29, 1.82) is 0 Å². The summed E-state index contributed by atoms with van der Waals surface area (Å²) < 4.78 is 0. The first-order chi connectivity index (χ1) is 9.74. The van der Waals surface area contributed by atoms with Crippen LogP contribution in [0.15, 0.2) is 41.8 Å². The Morgan fingerprint density at radius 3 is 2.70 bits per heavy atom. The number of hydrogen-bond acceptors (Lipinski definition) is 5. The summed E-state index contributed by atoms with van der Waals surface area (Å²) in [6, 6.07) is 12.2. The Kier molecular flexibility index (Phi) is 3.52. The van der Waals surface area contributed by atoms with Gasteiger partial charge in [-0.3, -0.25) is 0 Å². The van der Waals surface area contributed by atoms with E-state index in [4.69, 9.17) is 0 Å². The van der Waals surface area contributed by atoms with E-state index < -0.39 is 0 Å². The lowest BCUT2D eigenvalue weighted by Gasteiger charge is -2.14. The molecule has 0 aliphatic heterocycles. The highest BCUT2D eigenvalue weighted by molar-refractivity contribution is 7.09. The molecule has 0 aliphatic rings. The van der Waals surface area contributed by atoms with E-state index in [0.717, 1.165) is 29.2 Å². The molecule has 1 aromatic carbocycles. The molecule has 3 rings (SSSR count). The van der Waals surface area contributed by atoms with Gasteiger partial charge >= 0.3 is 0 Å². The van der Waals surface area contributed by atoms with Gasteiger partial charge < -0.3 is 10.2 Å². The molecule has 0 atom stereocenters. The highest BCUT2D eigenvalue weighted by Crippen LogP contribution is 2.23. The number of para-hydroxylation sites is 1. The molecule has 4 nitrogen and oxygen atoms in total. The van der Waals surface area contributed by atoms with Gasteiger partial charge in [-0.15, -0.1) is 11.3 Å². The second kappa shape index (κ2) is 5.46. The van der Waals surface area contributed by atoms with Crippen molar-refractivity contribution < 1.29 is 0 Å². The summed E-state index contributed by atoms with van der Waals surface area (Å²) in [6.07, 6.45) is 0. The maximum Gasteiger partial charge on any atom is 0.227 e. The molecular formula is C15H16N4S. The van der Waals surface area contributed by atoms with Gasteiger partial charge in [0.1, 0.15) is 5.82 Å². The van der Waals surface area contributed by atoms with Crippen LogP contribution in [0.25, 0.3) is 10.9 Å². The maximum absolute atomic E-state index is 4.61. The van der Waals surface area contributed by atoms with Crippen LogP contribution in [-0.2, 0) is 6.54 Å². The average molecular weight is 284 g/mol. The molecule has 20 heavy (non-hydrogen) atoms. The first-order valence-electron chi connectivity index (χ1n) is 6.44. The van der Waals surface area contributed by atoms with Crippen LogP contribution in [-0.4, -0.2) is 24.1 Å². The molecule has 0 unspecified atom stereocenters. The summed E-state index contributed by atoms with van der Waals surface area (Å²) in [5.41, 5.74) is 0.958. The van der Waals surface area contributed by atoms with Crippen LogP contribution >= 0.6 is 11.3 Å². The minimum Gasteiger partial charge on any atom is -0.364 e. The van der Waals surface area contributed by atoms with Crippen molar-refractivity contribution in [3.05, 3.63) is 46.7 Å². The number of thiophene rings is 1. The Hall–Kier alpha value is -2.14. The normalized spacial score (nSPS) is 10.7. The Morgan fingerprint density at radius 2 is 1.95 bits per heavy atom. The predicted octanol–water partition coefficient (Wildman–Crippen LogP) is 3.37. The van der Waals surface area contributed by atoms with E-state index in [2.05, 4.69) is 32.8 Å². The van der Waals surface area contributed by atoms with Crippen LogP contribution in [0.2, 0.25) is 0 Å². The zero-order valence-electron chi connectivity index (χ0n) is 11.5.